The van der Waals surface area contributed by atoms with Crippen LogP contribution in [0.2, 0.25) is 0 Å². The third kappa shape index (κ3) is 3.40. The molecule has 2 aromatic rings. The largest absolute Gasteiger partial charge is 0.497 e. The van der Waals surface area contributed by atoms with Gasteiger partial charge < -0.3 is 15.0 Å². The zero-order valence-corrected chi connectivity index (χ0v) is 13.8. The Morgan fingerprint density at radius 1 is 1.21 bits per heavy atom. The Morgan fingerprint density at radius 2 is 2.04 bits per heavy atom. The molecule has 3 rings (SSSR count). The van der Waals surface area contributed by atoms with Crippen molar-refractivity contribution in [1.29, 1.82) is 0 Å². The Labute approximate surface area is 141 Å². The molecule has 2 aromatic carbocycles. The molecule has 0 saturated heterocycles. The number of benzene rings is 2. The van der Waals surface area contributed by atoms with Gasteiger partial charge in [0.1, 0.15) is 5.75 Å². The summed E-state index contributed by atoms with van der Waals surface area (Å²) < 4.78 is 5.21. The summed E-state index contributed by atoms with van der Waals surface area (Å²) in [6.07, 6.45) is 1.13. The maximum atomic E-state index is 12.7. The summed E-state index contributed by atoms with van der Waals surface area (Å²) in [6, 6.07) is 13.1. The number of nitrogens with zero attached hydrogens (tertiary/aromatic N) is 1. The fourth-order valence-electron chi connectivity index (χ4n) is 2.85. The quantitative estimate of drug-likeness (QED) is 0.941. The first kappa shape index (κ1) is 16.1. The zero-order valence-electron chi connectivity index (χ0n) is 13.8. The highest BCUT2D eigenvalue weighted by atomic mass is 16.5. The van der Waals surface area contributed by atoms with Gasteiger partial charge >= 0.3 is 0 Å². The summed E-state index contributed by atoms with van der Waals surface area (Å²) in [5, 5.41) is 2.83. The van der Waals surface area contributed by atoms with Gasteiger partial charge in [0, 0.05) is 31.3 Å². The van der Waals surface area contributed by atoms with Gasteiger partial charge in [0.25, 0.3) is 5.91 Å². The van der Waals surface area contributed by atoms with Crippen LogP contribution < -0.4 is 10.1 Å². The van der Waals surface area contributed by atoms with Gasteiger partial charge in [-0.2, -0.15) is 0 Å². The van der Waals surface area contributed by atoms with E-state index in [1.54, 1.807) is 31.2 Å². The van der Waals surface area contributed by atoms with Crippen LogP contribution in [0.15, 0.2) is 42.5 Å². The second kappa shape index (κ2) is 6.74. The van der Waals surface area contributed by atoms with Crippen molar-refractivity contribution >= 4 is 17.5 Å². The van der Waals surface area contributed by atoms with Gasteiger partial charge in [-0.15, -0.1) is 0 Å². The van der Waals surface area contributed by atoms with Gasteiger partial charge in [0.2, 0.25) is 5.91 Å². The number of methoxy groups -OCH3 is 1. The average Bonchev–Trinajstić information content (AvgIpc) is 2.60. The minimum absolute atomic E-state index is 0.0247. The smallest absolute Gasteiger partial charge is 0.253 e. The molecule has 124 valence electrons. The van der Waals surface area contributed by atoms with E-state index in [4.69, 9.17) is 4.74 Å². The number of anilines is 1. The SMILES string of the molecule is COc1cccc(CN(C)C(=O)c2ccc3c(c2)CCC(=O)N3)c1. The maximum absolute atomic E-state index is 12.7. The molecule has 5 heteroatoms. The maximum Gasteiger partial charge on any atom is 0.253 e. The van der Waals surface area contributed by atoms with Crippen molar-refractivity contribution in [2.75, 3.05) is 19.5 Å². The molecule has 0 aliphatic carbocycles. The van der Waals surface area contributed by atoms with E-state index in [1.165, 1.54) is 0 Å². The average molecular weight is 324 g/mol. The highest BCUT2D eigenvalue weighted by Crippen LogP contribution is 2.24. The minimum Gasteiger partial charge on any atom is -0.497 e. The van der Waals surface area contributed by atoms with E-state index in [9.17, 15) is 9.59 Å². The van der Waals surface area contributed by atoms with Gasteiger partial charge in [-0.1, -0.05) is 12.1 Å². The minimum atomic E-state index is -0.0440. The van der Waals surface area contributed by atoms with Crippen molar-refractivity contribution in [2.45, 2.75) is 19.4 Å². The van der Waals surface area contributed by atoms with Crippen LogP contribution in [0.3, 0.4) is 0 Å². The first-order valence-corrected chi connectivity index (χ1v) is 7.88. The Morgan fingerprint density at radius 3 is 2.83 bits per heavy atom. The van der Waals surface area contributed by atoms with Crippen molar-refractivity contribution < 1.29 is 14.3 Å². The Hall–Kier alpha value is -2.82. The molecule has 0 atom stereocenters. The molecular weight excluding hydrogens is 304 g/mol. The summed E-state index contributed by atoms with van der Waals surface area (Å²) >= 11 is 0. The second-order valence-electron chi connectivity index (χ2n) is 5.93. The van der Waals surface area contributed by atoms with Gasteiger partial charge in [-0.25, -0.2) is 0 Å². The number of hydrogen-bond acceptors (Lipinski definition) is 3. The van der Waals surface area contributed by atoms with Crippen LogP contribution >= 0.6 is 0 Å². The zero-order chi connectivity index (χ0) is 17.1. The molecule has 0 saturated carbocycles. The number of carbonyl (C=O) groups is 2. The number of rotatable bonds is 4. The van der Waals surface area contributed by atoms with Crippen LogP contribution in [0.1, 0.15) is 27.9 Å². The highest BCUT2D eigenvalue weighted by Gasteiger charge is 2.18. The molecule has 1 N–H and O–H groups in total. The number of fused-ring (bicyclic) bond motifs is 1. The Kier molecular flexibility index (Phi) is 4.51. The molecule has 1 aliphatic rings. The number of aryl methyl sites for hydroxylation is 1. The number of hydrogen-bond donors (Lipinski definition) is 1. The van der Waals surface area contributed by atoms with E-state index in [0.29, 0.717) is 24.9 Å². The van der Waals surface area contributed by atoms with Crippen molar-refractivity contribution in [2.24, 2.45) is 0 Å². The van der Waals surface area contributed by atoms with E-state index in [1.807, 2.05) is 30.3 Å². The number of ether oxygens (including phenoxy) is 1. The molecule has 1 aliphatic heterocycles. The van der Waals surface area contributed by atoms with Gasteiger partial charge in [-0.05, 0) is 47.9 Å². The first-order chi connectivity index (χ1) is 11.6. The fourth-order valence-corrected chi connectivity index (χ4v) is 2.85. The lowest BCUT2D eigenvalue weighted by atomic mass is 10.00. The predicted molar refractivity (Wildman–Crippen MR) is 92.2 cm³/mol. The van der Waals surface area contributed by atoms with Gasteiger partial charge in [0.15, 0.2) is 0 Å². The topological polar surface area (TPSA) is 58.6 Å². The van der Waals surface area contributed by atoms with Gasteiger partial charge in [0.05, 0.1) is 7.11 Å². The third-order valence-electron chi connectivity index (χ3n) is 4.15. The summed E-state index contributed by atoms with van der Waals surface area (Å²) in [4.78, 5) is 25.8. The van der Waals surface area contributed by atoms with E-state index in [-0.39, 0.29) is 11.8 Å². The first-order valence-electron chi connectivity index (χ1n) is 7.88. The van der Waals surface area contributed by atoms with E-state index >= 15 is 0 Å². The molecule has 5 nitrogen and oxygen atoms in total. The van der Waals surface area contributed by atoms with Crippen LogP contribution in [0.25, 0.3) is 0 Å². The molecule has 0 aromatic heterocycles. The number of carbonyl (C=O) groups excluding carboxylic acids is 2. The molecule has 1 heterocycles. The molecule has 2 amide bonds. The van der Waals surface area contributed by atoms with E-state index in [2.05, 4.69) is 5.32 Å². The van der Waals surface area contributed by atoms with Crippen LogP contribution in [0.4, 0.5) is 5.69 Å². The summed E-state index contributed by atoms with van der Waals surface area (Å²) in [5.74, 6) is 0.757. The fraction of sp³-hybridized carbons (Fsp3) is 0.263. The Bertz CT molecular complexity index is 786. The molecular formula is C19H20N2O3. The van der Waals surface area contributed by atoms with Crippen LogP contribution in [0, 0.1) is 0 Å². The lowest BCUT2D eigenvalue weighted by Crippen LogP contribution is -2.27. The molecule has 0 unspecified atom stereocenters. The van der Waals surface area contributed by atoms with E-state index < -0.39 is 0 Å². The monoisotopic (exact) mass is 324 g/mol. The highest BCUT2D eigenvalue weighted by molar-refractivity contribution is 5.97. The number of amides is 2. The predicted octanol–water partition coefficient (Wildman–Crippen LogP) is 2.85. The molecule has 24 heavy (non-hydrogen) atoms. The van der Waals surface area contributed by atoms with Crippen molar-refractivity contribution in [3.05, 3.63) is 59.2 Å². The molecule has 0 radical (unpaired) electrons. The summed E-state index contributed by atoms with van der Waals surface area (Å²) in [6.45, 7) is 0.504. The molecule has 0 bridgehead atoms. The van der Waals surface area contributed by atoms with Crippen molar-refractivity contribution in [1.82, 2.24) is 4.90 Å². The summed E-state index contributed by atoms with van der Waals surface area (Å²) in [7, 11) is 3.41. The van der Waals surface area contributed by atoms with Crippen LogP contribution in [-0.4, -0.2) is 30.9 Å². The summed E-state index contributed by atoms with van der Waals surface area (Å²) in [5.41, 5.74) is 3.46. The standard InChI is InChI=1S/C19H20N2O3/c1-21(12-13-4-3-5-16(10-13)24-2)19(23)15-6-8-17-14(11-15)7-9-18(22)20-17/h3-6,8,10-11H,7,9,12H2,1-2H3,(H,20,22). The van der Waals surface area contributed by atoms with Crippen LogP contribution in [-0.2, 0) is 17.8 Å². The van der Waals surface area contributed by atoms with Crippen molar-refractivity contribution in [3.8, 4) is 5.75 Å². The second-order valence-corrected chi connectivity index (χ2v) is 5.93. The number of nitrogens with one attached hydrogen (secondary N) is 1. The third-order valence-corrected chi connectivity index (χ3v) is 4.15. The Balaban J connectivity index is 1.74. The normalized spacial score (nSPS) is 13.0. The lowest BCUT2D eigenvalue weighted by molar-refractivity contribution is -0.116. The van der Waals surface area contributed by atoms with Crippen LogP contribution in [0.5, 0.6) is 5.75 Å². The lowest BCUT2D eigenvalue weighted by Gasteiger charge is -2.20. The van der Waals surface area contributed by atoms with E-state index in [0.717, 1.165) is 22.6 Å². The molecule has 0 spiro atoms. The van der Waals surface area contributed by atoms with Gasteiger partial charge in [-0.3, -0.25) is 9.59 Å². The molecule has 0 fully saturated rings. The van der Waals surface area contributed by atoms with Crippen molar-refractivity contribution in [3.63, 3.8) is 0 Å².